The van der Waals surface area contributed by atoms with E-state index >= 15 is 0 Å². The number of carbonyl (C=O) groups is 3. The van der Waals surface area contributed by atoms with Crippen LogP contribution in [-0.4, -0.2) is 61.4 Å². The highest BCUT2D eigenvalue weighted by atomic mass is 16.6. The fourth-order valence-electron chi connectivity index (χ4n) is 8.76. The maximum atomic E-state index is 14.8. The van der Waals surface area contributed by atoms with Crippen LogP contribution < -0.4 is 9.47 Å². The number of carbonyl (C=O) groups excluding carboxylic acids is 2. The number of aliphatic hydroxyl groups is 1. The highest BCUT2D eigenvalue weighted by molar-refractivity contribution is 6.10. The summed E-state index contributed by atoms with van der Waals surface area (Å²) < 4.78 is 20.5. The Morgan fingerprint density at radius 3 is 2.32 bits per heavy atom. The van der Waals surface area contributed by atoms with E-state index in [4.69, 9.17) is 14.2 Å². The molecule has 3 N–H and O–H groups in total. The highest BCUT2D eigenvalue weighted by Crippen LogP contribution is 2.70. The van der Waals surface area contributed by atoms with Crippen molar-refractivity contribution in [3.63, 3.8) is 0 Å². The van der Waals surface area contributed by atoms with E-state index < -0.39 is 63.8 Å². The van der Waals surface area contributed by atoms with E-state index in [9.17, 15) is 29.7 Å². The first-order chi connectivity index (χ1) is 21.9. The second-order valence-electron chi connectivity index (χ2n) is 15.2. The number of ketones is 2. The summed E-state index contributed by atoms with van der Waals surface area (Å²) in [7, 11) is 0. The molecule has 0 aromatic heterocycles. The number of ether oxygens (including phenoxy) is 3. The summed E-state index contributed by atoms with van der Waals surface area (Å²) >= 11 is 0. The number of aliphatic carboxylic acids is 1. The zero-order valence-corrected chi connectivity index (χ0v) is 28.5. The average Bonchev–Trinajstić information content (AvgIpc) is 3.10. The fraction of sp³-hybridized carbons (Fsp3) is 0.553. The lowest BCUT2D eigenvalue weighted by Gasteiger charge is -2.62. The first kappa shape index (κ1) is 33.2. The van der Waals surface area contributed by atoms with Gasteiger partial charge in [0.05, 0.1) is 23.2 Å². The number of hydrogen-bond acceptors (Lipinski definition) is 8. The maximum absolute atomic E-state index is 14.8. The zero-order valence-electron chi connectivity index (χ0n) is 28.5. The minimum Gasteiger partial charge on any atom is -0.506 e. The van der Waals surface area contributed by atoms with Gasteiger partial charge in [0.25, 0.3) is 0 Å². The molecular formula is C38H46O9. The largest absolute Gasteiger partial charge is 0.506 e. The quantitative estimate of drug-likeness (QED) is 0.220. The van der Waals surface area contributed by atoms with Gasteiger partial charge in [-0.2, -0.15) is 0 Å². The lowest BCUT2D eigenvalue weighted by Crippen LogP contribution is -2.80. The van der Waals surface area contributed by atoms with Crippen molar-refractivity contribution < 1.29 is 43.9 Å². The van der Waals surface area contributed by atoms with Crippen molar-refractivity contribution in [1.82, 2.24) is 0 Å². The van der Waals surface area contributed by atoms with E-state index in [0.29, 0.717) is 29.7 Å². The molecule has 1 aromatic rings. The Hall–Kier alpha value is -3.69. The van der Waals surface area contributed by atoms with Gasteiger partial charge in [-0.25, -0.2) is 4.79 Å². The number of fused-ring (bicyclic) bond motifs is 2. The van der Waals surface area contributed by atoms with Crippen LogP contribution in [0.5, 0.6) is 17.2 Å². The van der Waals surface area contributed by atoms with Gasteiger partial charge in [-0.15, -0.1) is 0 Å². The molecule has 9 heteroatoms. The van der Waals surface area contributed by atoms with Crippen molar-refractivity contribution in [2.45, 2.75) is 116 Å². The molecule has 1 saturated heterocycles. The van der Waals surface area contributed by atoms with Gasteiger partial charge in [-0.05, 0) is 93.2 Å². The van der Waals surface area contributed by atoms with Crippen LogP contribution in [0.15, 0.2) is 41.0 Å². The first-order valence-electron chi connectivity index (χ1n) is 16.5. The van der Waals surface area contributed by atoms with Gasteiger partial charge in [0.2, 0.25) is 0 Å². The number of benzene rings is 1. The van der Waals surface area contributed by atoms with E-state index in [0.717, 1.165) is 12.0 Å². The molecule has 0 radical (unpaired) electrons. The number of phenols is 1. The molecule has 3 heterocycles. The summed E-state index contributed by atoms with van der Waals surface area (Å²) in [6.07, 6.45) is 9.79. The SMILES string of the molecule is CC(C)=CCC[C@@]1(C)C=Cc2c(O)c3c(c(CC=C(C)C)c2O1)O[C@]12C4C[C@H](C(=O)C1(C/C=C(\C)C(=O)O)OC4(C)C)[C@H](O)[C@@H]2C3=O. The standard InChI is InChI=1S/C38H46O9/c1-19(2)10-9-15-36(8)16-14-22-28(39)26-30(41)27-29(40)24-18-25-35(6,7)47-37(33(24)42,17-13-21(5)34(43)44)38(25,27)46-32(26)23(31(22)45-36)12-11-20(3)4/h10-11,13-14,16,24-25,27,29,39-40H,9,12,15,17-18H2,1-8H3,(H,43,44)/b21-13+/t24-,25?,27+,29-,36-,37?,38-/m0/s1. The van der Waals surface area contributed by atoms with E-state index in [1.54, 1.807) is 6.08 Å². The number of phenolic OH excluding ortho intramolecular Hbond substituents is 1. The van der Waals surface area contributed by atoms with Crippen LogP contribution in [0.25, 0.3) is 6.08 Å². The van der Waals surface area contributed by atoms with Crippen molar-refractivity contribution >= 4 is 23.6 Å². The van der Waals surface area contributed by atoms with Crippen molar-refractivity contribution in [3.8, 4) is 17.2 Å². The summed E-state index contributed by atoms with van der Waals surface area (Å²) in [5, 5.41) is 33.2. The molecule has 1 spiro atoms. The third-order valence-corrected chi connectivity index (χ3v) is 11.1. The van der Waals surface area contributed by atoms with Crippen LogP contribution in [-0.2, 0) is 20.7 Å². The van der Waals surface area contributed by atoms with Crippen LogP contribution in [0, 0.1) is 17.8 Å². The Labute approximate surface area is 276 Å². The van der Waals surface area contributed by atoms with Gasteiger partial charge < -0.3 is 29.5 Å². The van der Waals surface area contributed by atoms with Crippen LogP contribution >= 0.6 is 0 Å². The van der Waals surface area contributed by atoms with E-state index in [2.05, 4.69) is 6.08 Å². The normalized spacial score (nSPS) is 34.1. The fourth-order valence-corrected chi connectivity index (χ4v) is 8.76. The number of hydrogen-bond donors (Lipinski definition) is 3. The Morgan fingerprint density at radius 1 is 1.00 bits per heavy atom. The summed E-state index contributed by atoms with van der Waals surface area (Å²) in [4.78, 5) is 41.1. The van der Waals surface area contributed by atoms with Gasteiger partial charge in [-0.3, -0.25) is 9.59 Å². The van der Waals surface area contributed by atoms with Crippen LogP contribution in [0.1, 0.15) is 103 Å². The molecule has 9 nitrogen and oxygen atoms in total. The van der Waals surface area contributed by atoms with Gasteiger partial charge in [-0.1, -0.05) is 29.4 Å². The molecule has 7 rings (SSSR count). The van der Waals surface area contributed by atoms with Crippen LogP contribution in [0.3, 0.4) is 0 Å². The zero-order chi connectivity index (χ0) is 34.4. The predicted molar refractivity (Wildman–Crippen MR) is 176 cm³/mol. The van der Waals surface area contributed by atoms with Crippen molar-refractivity contribution in [2.24, 2.45) is 17.8 Å². The van der Waals surface area contributed by atoms with E-state index in [1.165, 1.54) is 18.6 Å². The molecule has 252 valence electrons. The number of aromatic hydroxyl groups is 1. The third-order valence-electron chi connectivity index (χ3n) is 11.1. The number of carboxylic acids is 1. The van der Waals surface area contributed by atoms with Crippen molar-refractivity contribution in [3.05, 3.63) is 57.7 Å². The second kappa shape index (κ2) is 10.9. The molecule has 3 aliphatic heterocycles. The molecule has 4 fully saturated rings. The van der Waals surface area contributed by atoms with E-state index in [1.807, 2.05) is 60.6 Å². The topological polar surface area (TPSA) is 140 Å². The molecule has 3 saturated carbocycles. The van der Waals surface area contributed by atoms with Crippen LogP contribution in [0.2, 0.25) is 0 Å². The number of Topliss-reactive ketones (excluding diaryl/α,β-unsaturated/α-hetero) is 2. The Kier molecular flexibility index (Phi) is 7.72. The average molecular weight is 647 g/mol. The molecule has 2 unspecified atom stereocenters. The van der Waals surface area contributed by atoms with E-state index in [-0.39, 0.29) is 35.5 Å². The summed E-state index contributed by atoms with van der Waals surface area (Å²) in [6.45, 7) is 15.1. The minimum absolute atomic E-state index is 0.0260. The van der Waals surface area contributed by atoms with Gasteiger partial charge >= 0.3 is 5.97 Å². The lowest BCUT2D eigenvalue weighted by atomic mass is 9.45. The molecule has 7 atom stereocenters. The number of carboxylic acid groups (broad SMARTS) is 1. The van der Waals surface area contributed by atoms with Crippen LogP contribution in [0.4, 0.5) is 0 Å². The number of rotatable bonds is 8. The molecule has 47 heavy (non-hydrogen) atoms. The monoisotopic (exact) mass is 646 g/mol. The summed E-state index contributed by atoms with van der Waals surface area (Å²) in [6, 6.07) is 0. The molecule has 3 aliphatic carbocycles. The second-order valence-corrected chi connectivity index (χ2v) is 15.2. The minimum atomic E-state index is -1.74. The van der Waals surface area contributed by atoms with Crippen molar-refractivity contribution in [2.75, 3.05) is 0 Å². The number of allylic oxidation sites excluding steroid dienone is 4. The lowest BCUT2D eigenvalue weighted by molar-refractivity contribution is -0.220. The smallest absolute Gasteiger partial charge is 0.330 e. The summed E-state index contributed by atoms with van der Waals surface area (Å²) in [5.74, 6) is -4.44. The number of aliphatic hydroxyl groups excluding tert-OH is 1. The van der Waals surface area contributed by atoms with Gasteiger partial charge in [0.15, 0.2) is 22.8 Å². The van der Waals surface area contributed by atoms with Gasteiger partial charge in [0.1, 0.15) is 28.4 Å². The molecular weight excluding hydrogens is 600 g/mol. The Morgan fingerprint density at radius 2 is 1.68 bits per heavy atom. The maximum Gasteiger partial charge on any atom is 0.330 e. The molecule has 0 amide bonds. The molecule has 1 aromatic carbocycles. The molecule has 6 aliphatic rings. The Balaban J connectivity index is 1.60. The summed E-state index contributed by atoms with van der Waals surface area (Å²) in [5.41, 5.74) is -1.91. The Bertz CT molecular complexity index is 1700. The third kappa shape index (κ3) is 4.67. The predicted octanol–water partition coefficient (Wildman–Crippen LogP) is 6.29. The first-order valence-corrected chi connectivity index (χ1v) is 16.5. The molecule has 4 bridgehead atoms. The highest BCUT2D eigenvalue weighted by Gasteiger charge is 2.85. The van der Waals surface area contributed by atoms with Gasteiger partial charge in [0, 0.05) is 29.4 Å². The van der Waals surface area contributed by atoms with Crippen molar-refractivity contribution in [1.29, 1.82) is 0 Å².